The summed E-state index contributed by atoms with van der Waals surface area (Å²) in [4.78, 5) is 29.5. The van der Waals surface area contributed by atoms with Gasteiger partial charge >= 0.3 is 0 Å². The molecule has 2 heterocycles. The summed E-state index contributed by atoms with van der Waals surface area (Å²) in [6, 6.07) is 18.8. The Bertz CT molecular complexity index is 1270. The highest BCUT2D eigenvalue weighted by Gasteiger charge is 2.35. The Morgan fingerprint density at radius 2 is 1.74 bits per heavy atom. The topological polar surface area (TPSA) is 71.3 Å². The van der Waals surface area contributed by atoms with E-state index in [2.05, 4.69) is 77.1 Å². The van der Waals surface area contributed by atoms with Crippen LogP contribution in [0.15, 0.2) is 59.8 Å². The molecule has 1 saturated heterocycles. The normalized spacial score (nSPS) is 17.7. The van der Waals surface area contributed by atoms with Crippen molar-refractivity contribution in [3.8, 4) is 5.69 Å². The van der Waals surface area contributed by atoms with Gasteiger partial charge in [0.25, 0.3) is 0 Å². The van der Waals surface area contributed by atoms with Gasteiger partial charge in [-0.3, -0.25) is 14.2 Å². The number of rotatable bonds is 10. The van der Waals surface area contributed by atoms with Gasteiger partial charge in [-0.1, -0.05) is 66.7 Å². The van der Waals surface area contributed by atoms with E-state index in [9.17, 15) is 9.59 Å². The zero-order valence-corrected chi connectivity index (χ0v) is 23.9. The molecule has 2 aromatic carbocycles. The quantitative estimate of drug-likeness (QED) is 0.256. The fourth-order valence-electron chi connectivity index (χ4n) is 5.44. The fourth-order valence-corrected chi connectivity index (χ4v) is 6.41. The van der Waals surface area contributed by atoms with Gasteiger partial charge in [0, 0.05) is 50.2 Å². The number of hydrogen-bond acceptors (Lipinski definition) is 5. The number of aromatic nitrogens is 3. The smallest absolute Gasteiger partial charge is 0.226 e. The Labute approximate surface area is 236 Å². The summed E-state index contributed by atoms with van der Waals surface area (Å²) in [5.74, 6) is 2.53. The van der Waals surface area contributed by atoms with Crippen LogP contribution in [0.4, 0.5) is 0 Å². The first kappa shape index (κ1) is 27.4. The largest absolute Gasteiger partial charge is 0.339 e. The van der Waals surface area contributed by atoms with Crippen molar-refractivity contribution in [3.63, 3.8) is 0 Å². The van der Waals surface area contributed by atoms with Crippen LogP contribution in [0.3, 0.4) is 0 Å². The molecule has 1 aromatic heterocycles. The number of thioether (sulfide) groups is 1. The van der Waals surface area contributed by atoms with Crippen LogP contribution in [-0.2, 0) is 16.0 Å². The van der Waals surface area contributed by atoms with E-state index in [4.69, 9.17) is 0 Å². The number of piperazine rings is 1. The lowest BCUT2D eigenvalue weighted by molar-refractivity contribution is -0.147. The van der Waals surface area contributed by atoms with Crippen molar-refractivity contribution in [1.82, 2.24) is 24.6 Å². The molecule has 1 saturated carbocycles. The molecule has 39 heavy (non-hydrogen) atoms. The molecule has 206 valence electrons. The first-order valence-electron chi connectivity index (χ1n) is 14.3. The van der Waals surface area contributed by atoms with Crippen LogP contribution >= 0.6 is 11.8 Å². The van der Waals surface area contributed by atoms with Crippen molar-refractivity contribution in [2.75, 3.05) is 25.4 Å². The van der Waals surface area contributed by atoms with Crippen molar-refractivity contribution >= 4 is 23.6 Å². The Balaban J connectivity index is 1.13. The summed E-state index contributed by atoms with van der Waals surface area (Å²) >= 11 is 1.70. The van der Waals surface area contributed by atoms with Gasteiger partial charge in [0.1, 0.15) is 5.82 Å². The summed E-state index contributed by atoms with van der Waals surface area (Å²) in [5.41, 5.74) is 3.50. The molecule has 0 radical (unpaired) electrons. The van der Waals surface area contributed by atoms with E-state index in [1.807, 2.05) is 15.9 Å². The van der Waals surface area contributed by atoms with E-state index in [0.717, 1.165) is 54.5 Å². The van der Waals surface area contributed by atoms with E-state index in [-0.39, 0.29) is 17.9 Å². The molecule has 1 aliphatic carbocycles. The van der Waals surface area contributed by atoms with Crippen molar-refractivity contribution in [2.45, 2.75) is 70.0 Å². The minimum absolute atomic E-state index is 0.101. The van der Waals surface area contributed by atoms with Gasteiger partial charge in [0.15, 0.2) is 5.16 Å². The van der Waals surface area contributed by atoms with Gasteiger partial charge < -0.3 is 9.80 Å². The van der Waals surface area contributed by atoms with Crippen LogP contribution < -0.4 is 0 Å². The van der Waals surface area contributed by atoms with Crippen molar-refractivity contribution in [2.24, 2.45) is 5.92 Å². The number of carbonyl (C=O) groups is 2. The SMILES string of the molecule is Cc1ccccc1-n1c(Cc2ccccc2)nnc1SCCCCC(=O)N1CCN(C(=O)C2CCC2)C(C)C1. The first-order chi connectivity index (χ1) is 19.0. The van der Waals surface area contributed by atoms with Crippen LogP contribution in [0.5, 0.6) is 0 Å². The van der Waals surface area contributed by atoms with E-state index in [1.54, 1.807) is 11.8 Å². The van der Waals surface area contributed by atoms with Gasteiger partial charge in [-0.25, -0.2) is 0 Å². The molecule has 2 fully saturated rings. The lowest BCUT2D eigenvalue weighted by Gasteiger charge is -2.42. The van der Waals surface area contributed by atoms with Crippen LogP contribution in [0, 0.1) is 12.8 Å². The molecule has 2 aliphatic rings. The lowest BCUT2D eigenvalue weighted by atomic mass is 9.84. The fraction of sp³-hybridized carbons (Fsp3) is 0.484. The highest BCUT2D eigenvalue weighted by Crippen LogP contribution is 2.30. The molecule has 5 rings (SSSR count). The number of benzene rings is 2. The molecular formula is C31H39N5O2S. The van der Waals surface area contributed by atoms with Crippen LogP contribution in [0.2, 0.25) is 0 Å². The summed E-state index contributed by atoms with van der Waals surface area (Å²) in [7, 11) is 0. The highest BCUT2D eigenvalue weighted by molar-refractivity contribution is 7.99. The van der Waals surface area contributed by atoms with Crippen LogP contribution in [0.25, 0.3) is 5.69 Å². The Kier molecular flexibility index (Phi) is 9.02. The number of amides is 2. The molecule has 7 nitrogen and oxygen atoms in total. The highest BCUT2D eigenvalue weighted by atomic mass is 32.2. The number of hydrogen-bond donors (Lipinski definition) is 0. The predicted molar refractivity (Wildman–Crippen MR) is 155 cm³/mol. The summed E-state index contributed by atoms with van der Waals surface area (Å²) in [6.07, 6.45) is 6.26. The van der Waals surface area contributed by atoms with Crippen molar-refractivity contribution in [1.29, 1.82) is 0 Å². The summed E-state index contributed by atoms with van der Waals surface area (Å²) in [5, 5.41) is 10.0. The average molecular weight is 546 g/mol. The maximum Gasteiger partial charge on any atom is 0.226 e. The number of nitrogens with zero attached hydrogens (tertiary/aromatic N) is 5. The minimum Gasteiger partial charge on any atom is -0.339 e. The molecule has 1 aliphatic heterocycles. The molecule has 3 aromatic rings. The average Bonchev–Trinajstić information content (AvgIpc) is 3.29. The molecule has 0 spiro atoms. The third-order valence-corrected chi connectivity index (χ3v) is 9.01. The lowest BCUT2D eigenvalue weighted by Crippen LogP contribution is -2.57. The monoisotopic (exact) mass is 545 g/mol. The summed E-state index contributed by atoms with van der Waals surface area (Å²) < 4.78 is 2.18. The van der Waals surface area contributed by atoms with Gasteiger partial charge in [0.05, 0.1) is 5.69 Å². The van der Waals surface area contributed by atoms with E-state index in [1.165, 1.54) is 17.5 Å². The number of aryl methyl sites for hydroxylation is 1. The van der Waals surface area contributed by atoms with Crippen molar-refractivity contribution in [3.05, 3.63) is 71.5 Å². The van der Waals surface area contributed by atoms with Gasteiger partial charge in [-0.15, -0.1) is 10.2 Å². The molecule has 8 heteroatoms. The molecule has 0 bridgehead atoms. The predicted octanol–water partition coefficient (Wildman–Crippen LogP) is 5.29. The standard InChI is InChI=1S/C31H39N5O2S/c1-23-11-6-7-16-27(23)36-28(21-25-12-4-3-5-13-25)32-33-31(36)39-20-9-8-17-29(37)34-18-19-35(24(2)22-34)30(38)26-14-10-15-26/h3-7,11-13,16,24,26H,8-10,14-15,17-22H2,1-2H3. The number of carbonyl (C=O) groups excluding carboxylic acids is 2. The Morgan fingerprint density at radius 3 is 2.46 bits per heavy atom. The van der Waals surface area contributed by atoms with Crippen LogP contribution in [0.1, 0.15) is 62.4 Å². The third-order valence-electron chi connectivity index (χ3n) is 8.00. The van der Waals surface area contributed by atoms with Crippen molar-refractivity contribution < 1.29 is 9.59 Å². The maximum absolute atomic E-state index is 12.9. The zero-order valence-electron chi connectivity index (χ0n) is 23.1. The molecule has 1 unspecified atom stereocenters. The van der Waals surface area contributed by atoms with Gasteiger partial charge in [0.2, 0.25) is 11.8 Å². The minimum atomic E-state index is 0.101. The Morgan fingerprint density at radius 1 is 0.974 bits per heavy atom. The van der Waals surface area contributed by atoms with E-state index in [0.29, 0.717) is 32.0 Å². The molecule has 2 amide bonds. The Hall–Kier alpha value is -3.13. The van der Waals surface area contributed by atoms with Crippen LogP contribution in [-0.4, -0.2) is 67.8 Å². The number of para-hydroxylation sites is 1. The van der Waals surface area contributed by atoms with Gasteiger partial charge in [-0.05, 0) is 56.7 Å². The molecular weight excluding hydrogens is 506 g/mol. The second-order valence-electron chi connectivity index (χ2n) is 10.8. The second kappa shape index (κ2) is 12.8. The number of unbranched alkanes of at least 4 members (excludes halogenated alkanes) is 1. The molecule has 0 N–H and O–H groups in total. The van der Waals surface area contributed by atoms with E-state index >= 15 is 0 Å². The molecule has 1 atom stereocenters. The summed E-state index contributed by atoms with van der Waals surface area (Å²) in [6.45, 7) is 6.16. The zero-order chi connectivity index (χ0) is 27.2. The second-order valence-corrected chi connectivity index (χ2v) is 11.9. The van der Waals surface area contributed by atoms with Gasteiger partial charge in [-0.2, -0.15) is 0 Å². The van der Waals surface area contributed by atoms with E-state index < -0.39 is 0 Å². The first-order valence-corrected chi connectivity index (χ1v) is 15.2. The maximum atomic E-state index is 12.9. The third kappa shape index (κ3) is 6.55.